The Balaban J connectivity index is 1.80. The first kappa shape index (κ1) is 21.2. The van der Waals surface area contributed by atoms with Crippen LogP contribution in [0.1, 0.15) is 13.8 Å². The van der Waals surface area contributed by atoms with Gasteiger partial charge in [-0.05, 0) is 32.0 Å². The van der Waals surface area contributed by atoms with Gasteiger partial charge in [0.25, 0.3) is 0 Å². The van der Waals surface area contributed by atoms with Gasteiger partial charge in [0.2, 0.25) is 7.37 Å². The average Bonchev–Trinajstić information content (AvgIpc) is 3.08. The highest BCUT2D eigenvalue weighted by atomic mass is 31.2. The lowest BCUT2D eigenvalue weighted by Crippen LogP contribution is -2.17. The van der Waals surface area contributed by atoms with Crippen LogP contribution in [0.4, 0.5) is 11.6 Å². The fourth-order valence-electron chi connectivity index (χ4n) is 2.92. The quantitative estimate of drug-likeness (QED) is 0.494. The second-order valence-corrected chi connectivity index (χ2v) is 9.29. The standard InChI is InChI=1S/C19H26N5O4P/c1-5-27-29(4,25)13-24-9-8-18(23-24)22-19-16-10-15(28-14(2)11-26-3)6-7-17(16)20-12-21-19/h6-10,12,14H,5,11,13H2,1-4H3,(H,20,21,22,23)/t14-,29?/m0/s1. The Morgan fingerprint density at radius 2 is 2.10 bits per heavy atom. The third kappa shape index (κ3) is 5.76. The minimum Gasteiger partial charge on any atom is -0.488 e. The van der Waals surface area contributed by atoms with Crippen molar-refractivity contribution in [3.8, 4) is 5.75 Å². The van der Waals surface area contributed by atoms with E-state index >= 15 is 0 Å². The molecule has 2 aromatic heterocycles. The molecule has 0 saturated heterocycles. The molecule has 0 bridgehead atoms. The maximum Gasteiger partial charge on any atom is 0.220 e. The normalized spacial score (nSPS) is 14.5. The Labute approximate surface area is 169 Å². The van der Waals surface area contributed by atoms with Gasteiger partial charge in [0.1, 0.15) is 30.3 Å². The summed E-state index contributed by atoms with van der Waals surface area (Å²) in [5.41, 5.74) is 0.781. The first-order chi connectivity index (χ1) is 13.9. The molecule has 0 aliphatic rings. The largest absolute Gasteiger partial charge is 0.488 e. The summed E-state index contributed by atoms with van der Waals surface area (Å²) >= 11 is 0. The van der Waals surface area contributed by atoms with Crippen LogP contribution in [-0.2, 0) is 20.1 Å². The van der Waals surface area contributed by atoms with Crippen molar-refractivity contribution in [3.05, 3.63) is 36.8 Å². The molecule has 3 rings (SSSR count). The molecule has 3 aromatic rings. The van der Waals surface area contributed by atoms with Crippen LogP contribution in [0.15, 0.2) is 36.8 Å². The third-order valence-corrected chi connectivity index (χ3v) is 5.64. The van der Waals surface area contributed by atoms with E-state index in [0.717, 1.165) is 10.9 Å². The first-order valence-electron chi connectivity index (χ1n) is 9.32. The highest BCUT2D eigenvalue weighted by Gasteiger charge is 2.17. The van der Waals surface area contributed by atoms with Gasteiger partial charge in [0.05, 0.1) is 18.7 Å². The molecule has 0 radical (unpaired) electrons. The Hall–Kier alpha value is -2.48. The van der Waals surface area contributed by atoms with E-state index in [1.807, 2.05) is 32.0 Å². The Kier molecular flexibility index (Phi) is 6.84. The van der Waals surface area contributed by atoms with Gasteiger partial charge in [-0.25, -0.2) is 9.97 Å². The minimum atomic E-state index is -2.73. The van der Waals surface area contributed by atoms with Gasteiger partial charge in [-0.2, -0.15) is 5.10 Å². The molecule has 2 heterocycles. The SMILES string of the molecule is CCOP(C)(=O)Cn1ccc(Nc2ncnc3ccc(O[C@@H](C)COC)cc23)n1. The lowest BCUT2D eigenvalue weighted by atomic mass is 10.2. The number of ether oxygens (including phenoxy) is 2. The average molecular weight is 419 g/mol. The molecule has 0 spiro atoms. The maximum atomic E-state index is 12.4. The number of hydrogen-bond donors (Lipinski definition) is 1. The molecule has 2 atom stereocenters. The molecule has 1 aromatic carbocycles. The van der Waals surface area contributed by atoms with E-state index in [1.54, 1.807) is 30.7 Å². The number of nitrogens with zero attached hydrogens (tertiary/aromatic N) is 4. The van der Waals surface area contributed by atoms with Crippen molar-refractivity contribution in [1.29, 1.82) is 0 Å². The number of aromatic nitrogens is 4. The van der Waals surface area contributed by atoms with E-state index < -0.39 is 7.37 Å². The van der Waals surface area contributed by atoms with Crippen molar-refractivity contribution >= 4 is 29.9 Å². The van der Waals surface area contributed by atoms with Crippen LogP contribution in [0.3, 0.4) is 0 Å². The van der Waals surface area contributed by atoms with Crippen LogP contribution in [0, 0.1) is 0 Å². The lowest BCUT2D eigenvalue weighted by Gasteiger charge is -2.14. The van der Waals surface area contributed by atoms with Gasteiger partial charge in [-0.15, -0.1) is 0 Å². The molecule has 1 unspecified atom stereocenters. The smallest absolute Gasteiger partial charge is 0.220 e. The van der Waals surface area contributed by atoms with Crippen LogP contribution < -0.4 is 10.1 Å². The van der Waals surface area contributed by atoms with Gasteiger partial charge < -0.3 is 19.3 Å². The van der Waals surface area contributed by atoms with Gasteiger partial charge in [0.15, 0.2) is 5.82 Å². The van der Waals surface area contributed by atoms with E-state index in [0.29, 0.717) is 30.6 Å². The third-order valence-electron chi connectivity index (χ3n) is 4.04. The number of methoxy groups -OCH3 is 1. The van der Waals surface area contributed by atoms with Crippen molar-refractivity contribution in [2.75, 3.05) is 32.3 Å². The molecule has 0 aliphatic carbocycles. The molecule has 29 heavy (non-hydrogen) atoms. The lowest BCUT2D eigenvalue weighted by molar-refractivity contribution is 0.0922. The Morgan fingerprint density at radius 1 is 1.28 bits per heavy atom. The molecule has 0 saturated carbocycles. The monoisotopic (exact) mass is 419 g/mol. The number of benzene rings is 1. The predicted octanol–water partition coefficient (Wildman–Crippen LogP) is 3.89. The summed E-state index contributed by atoms with van der Waals surface area (Å²) in [7, 11) is -1.09. The Morgan fingerprint density at radius 3 is 2.86 bits per heavy atom. The number of fused-ring (bicyclic) bond motifs is 1. The molecule has 9 nitrogen and oxygen atoms in total. The topological polar surface area (TPSA) is 100 Å². The zero-order valence-corrected chi connectivity index (χ0v) is 17.9. The van der Waals surface area contributed by atoms with E-state index in [1.165, 1.54) is 6.33 Å². The van der Waals surface area contributed by atoms with Crippen LogP contribution in [-0.4, -0.2) is 52.8 Å². The molecular weight excluding hydrogens is 393 g/mol. The van der Waals surface area contributed by atoms with Crippen molar-refractivity contribution < 1.29 is 18.6 Å². The summed E-state index contributed by atoms with van der Waals surface area (Å²) in [6.45, 7) is 6.26. The summed E-state index contributed by atoms with van der Waals surface area (Å²) in [4.78, 5) is 8.64. The van der Waals surface area contributed by atoms with Crippen molar-refractivity contribution in [3.63, 3.8) is 0 Å². The summed E-state index contributed by atoms with van der Waals surface area (Å²) in [5, 5.41) is 8.42. The van der Waals surface area contributed by atoms with Crippen LogP contribution in [0.5, 0.6) is 5.75 Å². The molecule has 156 valence electrons. The van der Waals surface area contributed by atoms with Crippen LogP contribution in [0.2, 0.25) is 0 Å². The first-order valence-corrected chi connectivity index (χ1v) is 11.6. The van der Waals surface area contributed by atoms with Gasteiger partial charge in [-0.1, -0.05) is 0 Å². The van der Waals surface area contributed by atoms with Crippen molar-refractivity contribution in [1.82, 2.24) is 19.7 Å². The molecule has 0 fully saturated rings. The molecule has 0 amide bonds. The highest BCUT2D eigenvalue weighted by molar-refractivity contribution is 7.57. The summed E-state index contributed by atoms with van der Waals surface area (Å²) in [5.74, 6) is 1.89. The van der Waals surface area contributed by atoms with Crippen molar-refractivity contribution in [2.45, 2.75) is 26.2 Å². The summed E-state index contributed by atoms with van der Waals surface area (Å²) in [6.07, 6.45) is 3.37. The van der Waals surface area contributed by atoms with E-state index in [4.69, 9.17) is 14.0 Å². The fourth-order valence-corrected chi connectivity index (χ4v) is 4.23. The number of hydrogen-bond acceptors (Lipinski definition) is 8. The minimum absolute atomic E-state index is 0.0794. The van der Waals surface area contributed by atoms with E-state index in [2.05, 4.69) is 20.4 Å². The second-order valence-electron chi connectivity index (χ2n) is 6.72. The molecule has 10 heteroatoms. The predicted molar refractivity (Wildman–Crippen MR) is 112 cm³/mol. The van der Waals surface area contributed by atoms with Crippen molar-refractivity contribution in [2.24, 2.45) is 0 Å². The zero-order valence-electron chi connectivity index (χ0n) is 17.0. The molecular formula is C19H26N5O4P. The Bertz CT molecular complexity index is 1010. The molecule has 0 aliphatic heterocycles. The van der Waals surface area contributed by atoms with Gasteiger partial charge >= 0.3 is 0 Å². The zero-order chi connectivity index (χ0) is 20.9. The maximum absolute atomic E-state index is 12.4. The van der Waals surface area contributed by atoms with E-state index in [-0.39, 0.29) is 12.4 Å². The number of anilines is 2. The van der Waals surface area contributed by atoms with Crippen LogP contribution in [0.25, 0.3) is 10.9 Å². The molecule has 1 N–H and O–H groups in total. The van der Waals surface area contributed by atoms with E-state index in [9.17, 15) is 4.57 Å². The highest BCUT2D eigenvalue weighted by Crippen LogP contribution is 2.44. The van der Waals surface area contributed by atoms with Crippen LogP contribution >= 0.6 is 7.37 Å². The van der Waals surface area contributed by atoms with Gasteiger partial charge in [0, 0.05) is 31.4 Å². The number of nitrogens with one attached hydrogen (secondary N) is 1. The summed E-state index contributed by atoms with van der Waals surface area (Å²) < 4.78 is 30.3. The fraction of sp³-hybridized carbons (Fsp3) is 0.421. The number of rotatable bonds is 10. The second kappa shape index (κ2) is 9.35. The van der Waals surface area contributed by atoms with Gasteiger partial charge in [-0.3, -0.25) is 9.25 Å². The summed E-state index contributed by atoms with van der Waals surface area (Å²) in [6, 6.07) is 7.43.